The second-order valence-electron chi connectivity index (χ2n) is 4.54. The van der Waals surface area contributed by atoms with Crippen LogP contribution in [0.5, 0.6) is 0 Å². The molecule has 1 saturated carbocycles. The third-order valence-corrected chi connectivity index (χ3v) is 4.44. The summed E-state index contributed by atoms with van der Waals surface area (Å²) in [5.41, 5.74) is 1.94. The Morgan fingerprint density at radius 3 is 2.68 bits per heavy atom. The van der Waals surface area contributed by atoms with Gasteiger partial charge in [0.1, 0.15) is 6.10 Å². The SMILES string of the molecule is Cc1cc(-c2ccc(C3C(=O)C(=O)C3O)s2)ccn1. The largest absolute Gasteiger partial charge is 0.384 e. The molecule has 2 aromatic heterocycles. The Hall–Kier alpha value is -1.85. The molecule has 2 unspecified atom stereocenters. The van der Waals surface area contributed by atoms with Gasteiger partial charge < -0.3 is 5.11 Å². The number of aryl methyl sites for hydroxylation is 1. The highest BCUT2D eigenvalue weighted by atomic mass is 32.1. The third kappa shape index (κ3) is 1.91. The molecule has 19 heavy (non-hydrogen) atoms. The number of ketones is 2. The Labute approximate surface area is 113 Å². The van der Waals surface area contributed by atoms with Crippen LogP contribution in [-0.4, -0.2) is 27.8 Å². The predicted molar refractivity (Wildman–Crippen MR) is 71.0 cm³/mol. The topological polar surface area (TPSA) is 67.3 Å². The lowest BCUT2D eigenvalue weighted by Gasteiger charge is -2.27. The summed E-state index contributed by atoms with van der Waals surface area (Å²) >= 11 is 1.43. The summed E-state index contributed by atoms with van der Waals surface area (Å²) in [6.07, 6.45) is 0.565. The lowest BCUT2D eigenvalue weighted by molar-refractivity contribution is -0.153. The van der Waals surface area contributed by atoms with Crippen LogP contribution in [0.3, 0.4) is 0 Å². The van der Waals surface area contributed by atoms with Crippen molar-refractivity contribution in [1.29, 1.82) is 0 Å². The minimum Gasteiger partial charge on any atom is -0.384 e. The van der Waals surface area contributed by atoms with Crippen molar-refractivity contribution in [2.24, 2.45) is 0 Å². The molecule has 2 atom stereocenters. The zero-order valence-corrected chi connectivity index (χ0v) is 11.0. The van der Waals surface area contributed by atoms with Crippen LogP contribution >= 0.6 is 11.3 Å². The van der Waals surface area contributed by atoms with Crippen molar-refractivity contribution in [1.82, 2.24) is 4.98 Å². The molecule has 96 valence electrons. The highest BCUT2D eigenvalue weighted by Gasteiger charge is 2.49. The number of aromatic nitrogens is 1. The van der Waals surface area contributed by atoms with Crippen molar-refractivity contribution in [3.8, 4) is 10.4 Å². The summed E-state index contributed by atoms with van der Waals surface area (Å²) in [6.45, 7) is 1.91. The smallest absolute Gasteiger partial charge is 0.228 e. The number of carbonyl (C=O) groups is 2. The summed E-state index contributed by atoms with van der Waals surface area (Å²) in [4.78, 5) is 28.4. The van der Waals surface area contributed by atoms with Crippen LogP contribution in [0.2, 0.25) is 0 Å². The van der Waals surface area contributed by atoms with Crippen LogP contribution in [-0.2, 0) is 9.59 Å². The average molecular weight is 273 g/mol. The summed E-state index contributed by atoms with van der Waals surface area (Å²) in [5, 5.41) is 9.55. The number of rotatable bonds is 2. The molecule has 0 saturated heterocycles. The molecule has 1 fully saturated rings. The molecule has 5 heteroatoms. The first kappa shape index (κ1) is 12.2. The van der Waals surface area contributed by atoms with Crippen molar-refractivity contribution in [3.63, 3.8) is 0 Å². The van der Waals surface area contributed by atoms with Crippen LogP contribution in [0.4, 0.5) is 0 Å². The zero-order valence-electron chi connectivity index (χ0n) is 10.2. The van der Waals surface area contributed by atoms with Crippen molar-refractivity contribution < 1.29 is 14.7 Å². The summed E-state index contributed by atoms with van der Waals surface area (Å²) in [7, 11) is 0. The number of Topliss-reactive ketones (excluding diaryl/α,β-unsaturated/α-hetero) is 2. The molecule has 0 radical (unpaired) electrons. The van der Waals surface area contributed by atoms with Gasteiger partial charge in [-0.2, -0.15) is 0 Å². The number of aliphatic hydroxyl groups is 1. The lowest BCUT2D eigenvalue weighted by Crippen LogP contribution is -2.50. The molecule has 1 aliphatic carbocycles. The van der Waals surface area contributed by atoms with E-state index in [0.29, 0.717) is 0 Å². The van der Waals surface area contributed by atoms with Crippen molar-refractivity contribution >= 4 is 22.9 Å². The average Bonchev–Trinajstić information content (AvgIpc) is 2.88. The molecule has 1 N–H and O–H groups in total. The maximum absolute atomic E-state index is 11.5. The zero-order chi connectivity index (χ0) is 13.6. The molecule has 2 aromatic rings. The predicted octanol–water partition coefficient (Wildman–Crippen LogP) is 1.71. The number of pyridine rings is 1. The number of carbonyl (C=O) groups excluding carboxylic acids is 2. The van der Waals surface area contributed by atoms with Gasteiger partial charge in [-0.25, -0.2) is 0 Å². The highest BCUT2D eigenvalue weighted by molar-refractivity contribution is 7.15. The maximum Gasteiger partial charge on any atom is 0.228 e. The van der Waals surface area contributed by atoms with Crippen molar-refractivity contribution in [3.05, 3.63) is 41.0 Å². The van der Waals surface area contributed by atoms with Crippen LogP contribution in [0.1, 0.15) is 16.5 Å². The summed E-state index contributed by atoms with van der Waals surface area (Å²) < 4.78 is 0. The standard InChI is InChI=1S/C14H11NO3S/c1-7-6-8(4-5-15-7)9-2-3-10(19-9)11-12(16)14(18)13(11)17/h2-6,11-12,16H,1H3. The van der Waals surface area contributed by atoms with Gasteiger partial charge in [0.15, 0.2) is 0 Å². The van der Waals surface area contributed by atoms with Gasteiger partial charge in [-0.3, -0.25) is 14.6 Å². The molecule has 0 aromatic carbocycles. The van der Waals surface area contributed by atoms with Gasteiger partial charge in [0.25, 0.3) is 0 Å². The number of aliphatic hydroxyl groups excluding tert-OH is 1. The van der Waals surface area contributed by atoms with Gasteiger partial charge in [-0.15, -0.1) is 11.3 Å². The number of nitrogens with zero attached hydrogens (tertiary/aromatic N) is 1. The van der Waals surface area contributed by atoms with E-state index in [1.165, 1.54) is 11.3 Å². The van der Waals surface area contributed by atoms with Gasteiger partial charge in [0.2, 0.25) is 11.6 Å². The van der Waals surface area contributed by atoms with Gasteiger partial charge in [-0.1, -0.05) is 0 Å². The summed E-state index contributed by atoms with van der Waals surface area (Å²) in [6, 6.07) is 7.55. The van der Waals surface area contributed by atoms with E-state index in [4.69, 9.17) is 0 Å². The Morgan fingerprint density at radius 1 is 1.21 bits per heavy atom. The van der Waals surface area contributed by atoms with Gasteiger partial charge in [-0.05, 0) is 36.8 Å². The molecular weight excluding hydrogens is 262 g/mol. The highest BCUT2D eigenvalue weighted by Crippen LogP contribution is 2.38. The van der Waals surface area contributed by atoms with Gasteiger partial charge in [0, 0.05) is 21.6 Å². The molecule has 0 aliphatic heterocycles. The van der Waals surface area contributed by atoms with E-state index >= 15 is 0 Å². The van der Waals surface area contributed by atoms with Crippen LogP contribution in [0, 0.1) is 6.92 Å². The molecule has 2 heterocycles. The number of hydrogen-bond acceptors (Lipinski definition) is 5. The fourth-order valence-electron chi connectivity index (χ4n) is 2.16. The monoisotopic (exact) mass is 273 g/mol. The first-order chi connectivity index (χ1) is 9.08. The number of thiophene rings is 1. The maximum atomic E-state index is 11.5. The molecule has 4 nitrogen and oxygen atoms in total. The van der Waals surface area contributed by atoms with Crippen LogP contribution in [0.25, 0.3) is 10.4 Å². The first-order valence-electron chi connectivity index (χ1n) is 5.87. The van der Waals surface area contributed by atoms with E-state index in [0.717, 1.165) is 21.0 Å². The van der Waals surface area contributed by atoms with E-state index in [2.05, 4.69) is 4.98 Å². The fourth-order valence-corrected chi connectivity index (χ4v) is 3.29. The quantitative estimate of drug-likeness (QED) is 0.846. The Bertz CT molecular complexity index is 677. The lowest BCUT2D eigenvalue weighted by atomic mass is 9.78. The normalized spacial score (nSPS) is 22.4. The molecular formula is C14H11NO3S. The molecule has 0 amide bonds. The molecule has 3 rings (SSSR count). The van der Waals surface area contributed by atoms with E-state index < -0.39 is 23.6 Å². The van der Waals surface area contributed by atoms with Gasteiger partial charge >= 0.3 is 0 Å². The number of hydrogen-bond donors (Lipinski definition) is 1. The van der Waals surface area contributed by atoms with Crippen molar-refractivity contribution in [2.75, 3.05) is 0 Å². The molecule has 0 spiro atoms. The van der Waals surface area contributed by atoms with E-state index in [1.54, 1.807) is 12.3 Å². The minimum absolute atomic E-state index is 0.494. The second-order valence-corrected chi connectivity index (χ2v) is 5.65. The first-order valence-corrected chi connectivity index (χ1v) is 6.68. The summed E-state index contributed by atoms with van der Waals surface area (Å²) in [5.74, 6) is -1.85. The van der Waals surface area contributed by atoms with E-state index in [-0.39, 0.29) is 0 Å². The fraction of sp³-hybridized carbons (Fsp3) is 0.214. The van der Waals surface area contributed by atoms with Crippen LogP contribution < -0.4 is 0 Å². The third-order valence-electron chi connectivity index (χ3n) is 3.22. The van der Waals surface area contributed by atoms with Crippen molar-refractivity contribution in [2.45, 2.75) is 18.9 Å². The molecule has 0 bridgehead atoms. The minimum atomic E-state index is -1.17. The Kier molecular flexibility index (Phi) is 2.80. The van der Waals surface area contributed by atoms with Gasteiger partial charge in [0.05, 0.1) is 5.92 Å². The van der Waals surface area contributed by atoms with E-state index in [1.807, 2.05) is 25.1 Å². The second kappa shape index (κ2) is 4.36. The molecule has 1 aliphatic rings. The van der Waals surface area contributed by atoms with Crippen LogP contribution in [0.15, 0.2) is 30.5 Å². The Morgan fingerprint density at radius 2 is 2.00 bits per heavy atom. The Balaban J connectivity index is 1.92. The van der Waals surface area contributed by atoms with E-state index in [9.17, 15) is 14.7 Å².